The van der Waals surface area contributed by atoms with Crippen LogP contribution in [0.2, 0.25) is 0 Å². The highest BCUT2D eigenvalue weighted by Gasteiger charge is 2.15. The fourth-order valence-electron chi connectivity index (χ4n) is 1.03. The van der Waals surface area contributed by atoms with Crippen molar-refractivity contribution in [2.75, 3.05) is 17.8 Å². The average Bonchev–Trinajstić information content (AvgIpc) is 2.19. The molecule has 0 saturated carbocycles. The van der Waals surface area contributed by atoms with Gasteiger partial charge < -0.3 is 0 Å². The summed E-state index contributed by atoms with van der Waals surface area (Å²) in [4.78, 5) is 11.6. The number of rotatable bonds is 4. The Balaban J connectivity index is 2.59. The minimum atomic E-state index is 0.243. The molecular weight excluding hydrogens is 180 g/mol. The first-order valence-corrected chi connectivity index (χ1v) is 6.38. The van der Waals surface area contributed by atoms with E-state index in [2.05, 4.69) is 13.2 Å². The van der Waals surface area contributed by atoms with Crippen LogP contribution in [0.5, 0.6) is 0 Å². The fraction of sp³-hybridized carbons (Fsp3) is 0.364. The van der Waals surface area contributed by atoms with Crippen molar-refractivity contribution in [1.29, 1.82) is 0 Å². The molecule has 0 aliphatic rings. The third-order valence-electron chi connectivity index (χ3n) is 1.97. The molecule has 2 heteroatoms. The third-order valence-corrected chi connectivity index (χ3v) is 3.71. The van der Waals surface area contributed by atoms with Crippen LogP contribution in [0.1, 0.15) is 17.3 Å². The third kappa shape index (κ3) is 3.23. The summed E-state index contributed by atoms with van der Waals surface area (Å²) in [6.45, 7) is 2.13. The largest absolute Gasteiger partial charge is 0.289 e. The van der Waals surface area contributed by atoms with Gasteiger partial charge in [0.25, 0.3) is 0 Å². The number of hydrogen-bond donors (Lipinski definition) is 0. The van der Waals surface area contributed by atoms with E-state index in [-0.39, 0.29) is 16.7 Å². The van der Waals surface area contributed by atoms with Gasteiger partial charge in [-0.1, -0.05) is 30.3 Å². The molecule has 0 aromatic heterocycles. The zero-order valence-electron chi connectivity index (χ0n) is 8.12. The quantitative estimate of drug-likeness (QED) is 0.531. The van der Waals surface area contributed by atoms with Crippen LogP contribution >= 0.6 is 0 Å². The van der Waals surface area contributed by atoms with E-state index >= 15 is 0 Å². The van der Waals surface area contributed by atoms with E-state index in [0.717, 1.165) is 11.3 Å². The Morgan fingerprint density at radius 1 is 1.31 bits per heavy atom. The Hall–Kier alpha value is -0.760. The van der Waals surface area contributed by atoms with Gasteiger partial charge in [0.05, 0.1) is 6.26 Å². The van der Waals surface area contributed by atoms with Gasteiger partial charge in [-0.25, -0.2) is 0 Å². The molecule has 0 aliphatic heterocycles. The summed E-state index contributed by atoms with van der Waals surface area (Å²) in [5.74, 6) is 2.06. The molecule has 0 bridgehead atoms. The smallest absolute Gasteiger partial charge is 0.211 e. The number of Topliss-reactive ketones (excluding diaryl/α,β-unsaturated/α-hetero) is 1. The molecule has 1 rings (SSSR count). The first-order chi connectivity index (χ1) is 6.24. The molecule has 0 fully saturated rings. The van der Waals surface area contributed by atoms with Crippen LogP contribution in [0.3, 0.4) is 0 Å². The lowest BCUT2D eigenvalue weighted by molar-refractivity contribution is 0.102. The standard InChI is InChI=1S/C11H15OS/c1-3-13(2)9-11(12)10-7-5-4-6-8-10/h4-8H,3,9H2,1-2H3/q+1. The van der Waals surface area contributed by atoms with Gasteiger partial charge in [0, 0.05) is 5.56 Å². The highest BCUT2D eigenvalue weighted by atomic mass is 32.2. The van der Waals surface area contributed by atoms with E-state index in [9.17, 15) is 4.79 Å². The predicted molar refractivity (Wildman–Crippen MR) is 59.5 cm³/mol. The summed E-state index contributed by atoms with van der Waals surface area (Å²) in [6.07, 6.45) is 2.14. The molecule has 70 valence electrons. The second-order valence-electron chi connectivity index (χ2n) is 3.00. The highest BCUT2D eigenvalue weighted by Crippen LogP contribution is 2.03. The van der Waals surface area contributed by atoms with Crippen LogP contribution in [0.15, 0.2) is 30.3 Å². The lowest BCUT2D eigenvalue weighted by Crippen LogP contribution is -2.16. The van der Waals surface area contributed by atoms with Crippen molar-refractivity contribution in [3.63, 3.8) is 0 Å². The summed E-state index contributed by atoms with van der Waals surface area (Å²) in [5.41, 5.74) is 0.843. The summed E-state index contributed by atoms with van der Waals surface area (Å²) in [6, 6.07) is 9.52. The molecule has 0 heterocycles. The number of benzene rings is 1. The summed E-state index contributed by atoms with van der Waals surface area (Å²) in [7, 11) is 0.243. The van der Waals surface area contributed by atoms with Gasteiger partial charge in [0.1, 0.15) is 5.75 Å². The zero-order chi connectivity index (χ0) is 9.68. The van der Waals surface area contributed by atoms with Gasteiger partial charge >= 0.3 is 0 Å². The Bertz CT molecular complexity index is 269. The number of hydrogen-bond acceptors (Lipinski definition) is 1. The van der Waals surface area contributed by atoms with Crippen molar-refractivity contribution in [2.45, 2.75) is 6.92 Å². The van der Waals surface area contributed by atoms with E-state index in [0.29, 0.717) is 5.75 Å². The van der Waals surface area contributed by atoms with Gasteiger partial charge in [-0.05, 0) is 17.8 Å². The van der Waals surface area contributed by atoms with Crippen molar-refractivity contribution in [1.82, 2.24) is 0 Å². The Labute approximate surface area is 82.5 Å². The molecule has 1 aromatic carbocycles. The van der Waals surface area contributed by atoms with Gasteiger partial charge in [0.15, 0.2) is 5.75 Å². The molecule has 0 spiro atoms. The van der Waals surface area contributed by atoms with Gasteiger partial charge in [-0.3, -0.25) is 4.79 Å². The first-order valence-electron chi connectivity index (χ1n) is 4.41. The maximum atomic E-state index is 11.6. The maximum Gasteiger partial charge on any atom is 0.211 e. The monoisotopic (exact) mass is 195 g/mol. The maximum absolute atomic E-state index is 11.6. The average molecular weight is 195 g/mol. The topological polar surface area (TPSA) is 17.1 Å². The lowest BCUT2D eigenvalue weighted by atomic mass is 10.2. The minimum absolute atomic E-state index is 0.243. The lowest BCUT2D eigenvalue weighted by Gasteiger charge is -1.99. The van der Waals surface area contributed by atoms with Crippen LogP contribution in [0.25, 0.3) is 0 Å². The molecule has 0 amide bonds. The molecule has 0 N–H and O–H groups in total. The molecule has 1 atom stereocenters. The van der Waals surface area contributed by atoms with Crippen molar-refractivity contribution < 1.29 is 4.79 Å². The van der Waals surface area contributed by atoms with Crippen LogP contribution in [0.4, 0.5) is 0 Å². The Kier molecular flexibility index (Phi) is 4.03. The molecule has 0 aliphatic carbocycles. The first kappa shape index (κ1) is 10.3. The van der Waals surface area contributed by atoms with Gasteiger partial charge in [0.2, 0.25) is 5.78 Å². The van der Waals surface area contributed by atoms with E-state index in [4.69, 9.17) is 0 Å². The highest BCUT2D eigenvalue weighted by molar-refractivity contribution is 7.96. The zero-order valence-corrected chi connectivity index (χ0v) is 8.93. The minimum Gasteiger partial charge on any atom is -0.289 e. The second-order valence-corrected chi connectivity index (χ2v) is 5.43. The normalized spacial score (nSPS) is 12.5. The predicted octanol–water partition coefficient (Wildman–Crippen LogP) is 2.14. The van der Waals surface area contributed by atoms with Crippen molar-refractivity contribution >= 4 is 16.7 Å². The number of carbonyl (C=O) groups excluding carboxylic acids is 1. The molecular formula is C11H15OS+. The fourth-order valence-corrected chi connectivity index (χ4v) is 1.85. The van der Waals surface area contributed by atoms with Crippen molar-refractivity contribution in [3.8, 4) is 0 Å². The molecule has 1 nitrogen and oxygen atoms in total. The van der Waals surface area contributed by atoms with E-state index in [1.165, 1.54) is 0 Å². The molecule has 0 radical (unpaired) electrons. The van der Waals surface area contributed by atoms with E-state index in [1.807, 2.05) is 30.3 Å². The number of carbonyl (C=O) groups is 1. The summed E-state index contributed by atoms with van der Waals surface area (Å²) >= 11 is 0. The van der Waals surface area contributed by atoms with E-state index < -0.39 is 0 Å². The molecule has 1 unspecified atom stereocenters. The van der Waals surface area contributed by atoms with Crippen LogP contribution < -0.4 is 0 Å². The number of ketones is 1. The van der Waals surface area contributed by atoms with Crippen molar-refractivity contribution in [2.24, 2.45) is 0 Å². The second kappa shape index (κ2) is 5.07. The van der Waals surface area contributed by atoms with Crippen LogP contribution in [-0.2, 0) is 10.9 Å². The summed E-state index contributed by atoms with van der Waals surface area (Å²) in [5, 5.41) is 0. The van der Waals surface area contributed by atoms with Crippen LogP contribution in [0, 0.1) is 0 Å². The molecule has 1 aromatic rings. The Morgan fingerprint density at radius 3 is 2.46 bits per heavy atom. The van der Waals surface area contributed by atoms with E-state index in [1.54, 1.807) is 0 Å². The van der Waals surface area contributed by atoms with Crippen molar-refractivity contribution in [3.05, 3.63) is 35.9 Å². The van der Waals surface area contributed by atoms with Gasteiger partial charge in [-0.15, -0.1) is 0 Å². The summed E-state index contributed by atoms with van der Waals surface area (Å²) < 4.78 is 0. The SMILES string of the molecule is CC[S+](C)CC(=O)c1ccccc1. The molecule has 0 saturated heterocycles. The van der Waals surface area contributed by atoms with Gasteiger partial charge in [-0.2, -0.15) is 0 Å². The molecule has 13 heavy (non-hydrogen) atoms. The van der Waals surface area contributed by atoms with Crippen LogP contribution in [-0.4, -0.2) is 23.5 Å². The Morgan fingerprint density at radius 2 is 1.92 bits per heavy atom.